The van der Waals surface area contributed by atoms with Gasteiger partial charge >= 0.3 is 0 Å². The first-order chi connectivity index (χ1) is 12.0. The molecule has 0 aliphatic heterocycles. The molecule has 0 atom stereocenters. The topological polar surface area (TPSA) is 71.3 Å². The Hall–Kier alpha value is -3.26. The Balaban J connectivity index is 2.31. The Bertz CT molecular complexity index is 864. The lowest BCUT2D eigenvalue weighted by molar-refractivity contribution is -0.112. The molecule has 5 nitrogen and oxygen atoms in total. The number of hydrogen-bond acceptors (Lipinski definition) is 4. The summed E-state index contributed by atoms with van der Waals surface area (Å²) in [6, 6.07) is 12.8. The summed E-state index contributed by atoms with van der Waals surface area (Å²) in [6.45, 7) is 3.89. The number of rotatable bonds is 5. The highest BCUT2D eigenvalue weighted by atomic mass is 16.5. The first-order valence-electron chi connectivity index (χ1n) is 7.71. The van der Waals surface area contributed by atoms with Crippen LogP contribution in [0.3, 0.4) is 0 Å². The van der Waals surface area contributed by atoms with E-state index in [4.69, 9.17) is 9.47 Å². The second-order valence-corrected chi connectivity index (χ2v) is 5.55. The fourth-order valence-corrected chi connectivity index (χ4v) is 2.39. The van der Waals surface area contributed by atoms with Gasteiger partial charge in [-0.2, -0.15) is 5.26 Å². The maximum atomic E-state index is 12.4. The third-order valence-electron chi connectivity index (χ3n) is 3.74. The number of carbonyl (C=O) groups excluding carboxylic acids is 1. The Labute approximate surface area is 147 Å². The van der Waals surface area contributed by atoms with Crippen LogP contribution in [0.2, 0.25) is 0 Å². The molecule has 0 radical (unpaired) electrons. The van der Waals surface area contributed by atoms with E-state index in [1.165, 1.54) is 13.2 Å². The van der Waals surface area contributed by atoms with Crippen molar-refractivity contribution in [3.05, 3.63) is 58.7 Å². The molecule has 5 heteroatoms. The monoisotopic (exact) mass is 336 g/mol. The van der Waals surface area contributed by atoms with Crippen LogP contribution in [-0.4, -0.2) is 20.1 Å². The van der Waals surface area contributed by atoms with Gasteiger partial charge in [-0.1, -0.05) is 17.7 Å². The Morgan fingerprint density at radius 3 is 2.48 bits per heavy atom. The van der Waals surface area contributed by atoms with Crippen LogP contribution in [-0.2, 0) is 4.79 Å². The maximum absolute atomic E-state index is 12.4. The number of methoxy groups -OCH3 is 2. The van der Waals surface area contributed by atoms with E-state index in [1.54, 1.807) is 25.3 Å². The molecule has 0 aliphatic rings. The van der Waals surface area contributed by atoms with Crippen LogP contribution in [0.1, 0.15) is 16.7 Å². The molecule has 0 saturated heterocycles. The summed E-state index contributed by atoms with van der Waals surface area (Å²) in [4.78, 5) is 12.4. The molecular formula is C20H20N2O3. The molecule has 0 saturated carbocycles. The van der Waals surface area contributed by atoms with Crippen molar-refractivity contribution in [1.82, 2.24) is 0 Å². The van der Waals surface area contributed by atoms with Gasteiger partial charge < -0.3 is 14.8 Å². The Morgan fingerprint density at radius 2 is 1.88 bits per heavy atom. The molecule has 2 aromatic rings. The zero-order chi connectivity index (χ0) is 18.4. The molecule has 25 heavy (non-hydrogen) atoms. The summed E-state index contributed by atoms with van der Waals surface area (Å²) in [6.07, 6.45) is 1.50. The van der Waals surface area contributed by atoms with E-state index >= 15 is 0 Å². The highest BCUT2D eigenvalue weighted by Gasteiger charge is 2.13. The van der Waals surface area contributed by atoms with Crippen LogP contribution >= 0.6 is 0 Å². The average Bonchev–Trinajstić information content (AvgIpc) is 2.61. The van der Waals surface area contributed by atoms with Gasteiger partial charge in [-0.05, 0) is 43.7 Å². The van der Waals surface area contributed by atoms with Crippen LogP contribution in [0.15, 0.2) is 42.0 Å². The smallest absolute Gasteiger partial charge is 0.266 e. The molecule has 0 bridgehead atoms. The van der Waals surface area contributed by atoms with Crippen molar-refractivity contribution in [1.29, 1.82) is 5.26 Å². The molecule has 2 rings (SSSR count). The number of anilines is 1. The SMILES string of the molecule is COc1ccc(C=C(C#N)C(=O)Nc2ccc(C)cc2C)c(OC)c1. The van der Waals surface area contributed by atoms with Gasteiger partial charge in [-0.3, -0.25) is 4.79 Å². The number of hydrogen-bond donors (Lipinski definition) is 1. The zero-order valence-electron chi connectivity index (χ0n) is 14.7. The number of ether oxygens (including phenoxy) is 2. The molecule has 1 amide bonds. The Morgan fingerprint density at radius 1 is 1.12 bits per heavy atom. The lowest BCUT2D eigenvalue weighted by Crippen LogP contribution is -2.14. The highest BCUT2D eigenvalue weighted by Crippen LogP contribution is 2.27. The normalized spacial score (nSPS) is 10.8. The third-order valence-corrected chi connectivity index (χ3v) is 3.74. The van der Waals surface area contributed by atoms with Gasteiger partial charge in [0.1, 0.15) is 23.1 Å². The van der Waals surface area contributed by atoms with Gasteiger partial charge in [-0.15, -0.1) is 0 Å². The van der Waals surface area contributed by atoms with Crippen LogP contribution in [0.25, 0.3) is 6.08 Å². The number of amides is 1. The van der Waals surface area contributed by atoms with Gasteiger partial charge in [-0.25, -0.2) is 0 Å². The minimum absolute atomic E-state index is 0.0107. The van der Waals surface area contributed by atoms with E-state index in [9.17, 15) is 10.1 Å². The molecule has 0 aromatic heterocycles. The van der Waals surface area contributed by atoms with E-state index in [0.29, 0.717) is 22.7 Å². The fraction of sp³-hybridized carbons (Fsp3) is 0.200. The minimum atomic E-state index is -0.465. The summed E-state index contributed by atoms with van der Waals surface area (Å²) < 4.78 is 10.4. The number of aryl methyl sites for hydroxylation is 2. The van der Waals surface area contributed by atoms with Crippen molar-refractivity contribution in [3.63, 3.8) is 0 Å². The predicted molar refractivity (Wildman–Crippen MR) is 97.7 cm³/mol. The molecule has 128 valence electrons. The zero-order valence-corrected chi connectivity index (χ0v) is 14.7. The molecular weight excluding hydrogens is 316 g/mol. The lowest BCUT2D eigenvalue weighted by atomic mass is 10.1. The molecule has 0 unspecified atom stereocenters. The molecule has 0 fully saturated rings. The maximum Gasteiger partial charge on any atom is 0.266 e. The summed E-state index contributed by atoms with van der Waals surface area (Å²) in [5, 5.41) is 12.1. The second-order valence-electron chi connectivity index (χ2n) is 5.55. The standard InChI is InChI=1S/C20H20N2O3/c1-13-5-8-18(14(2)9-13)22-20(23)16(12-21)10-15-6-7-17(24-3)11-19(15)25-4/h5-11H,1-4H3,(H,22,23). The van der Waals surface area contributed by atoms with E-state index < -0.39 is 5.91 Å². The van der Waals surface area contributed by atoms with Crippen molar-refractivity contribution in [3.8, 4) is 17.6 Å². The lowest BCUT2D eigenvalue weighted by Gasteiger charge is -2.10. The van der Waals surface area contributed by atoms with E-state index in [1.807, 2.05) is 38.1 Å². The summed E-state index contributed by atoms with van der Waals surface area (Å²) >= 11 is 0. The summed E-state index contributed by atoms with van der Waals surface area (Å²) in [5.41, 5.74) is 3.33. The van der Waals surface area contributed by atoms with Crippen molar-refractivity contribution >= 4 is 17.7 Å². The second kappa shape index (κ2) is 8.02. The van der Waals surface area contributed by atoms with Gasteiger partial charge in [0.2, 0.25) is 0 Å². The van der Waals surface area contributed by atoms with Crippen LogP contribution in [0, 0.1) is 25.2 Å². The predicted octanol–water partition coefficient (Wildman–Crippen LogP) is 3.87. The number of nitrogens with one attached hydrogen (secondary N) is 1. The van der Waals surface area contributed by atoms with Crippen LogP contribution in [0.5, 0.6) is 11.5 Å². The number of nitrogens with zero attached hydrogens (tertiary/aromatic N) is 1. The van der Waals surface area contributed by atoms with Gasteiger partial charge in [0.05, 0.1) is 14.2 Å². The van der Waals surface area contributed by atoms with Crippen LogP contribution < -0.4 is 14.8 Å². The molecule has 0 spiro atoms. The van der Waals surface area contributed by atoms with Gasteiger partial charge in [0, 0.05) is 17.3 Å². The van der Waals surface area contributed by atoms with Gasteiger partial charge in [0.25, 0.3) is 5.91 Å². The number of carbonyl (C=O) groups is 1. The number of nitriles is 1. The van der Waals surface area contributed by atoms with Gasteiger partial charge in [0.15, 0.2) is 0 Å². The highest BCUT2D eigenvalue weighted by molar-refractivity contribution is 6.10. The Kier molecular flexibility index (Phi) is 5.80. The van der Waals surface area contributed by atoms with Crippen molar-refractivity contribution in [2.75, 3.05) is 19.5 Å². The third kappa shape index (κ3) is 4.39. The van der Waals surface area contributed by atoms with Crippen molar-refractivity contribution in [2.45, 2.75) is 13.8 Å². The average molecular weight is 336 g/mol. The minimum Gasteiger partial charge on any atom is -0.497 e. The number of benzene rings is 2. The van der Waals surface area contributed by atoms with Crippen molar-refractivity contribution in [2.24, 2.45) is 0 Å². The molecule has 0 heterocycles. The first kappa shape index (κ1) is 18.1. The van der Waals surface area contributed by atoms with Crippen LogP contribution in [0.4, 0.5) is 5.69 Å². The molecule has 0 aliphatic carbocycles. The quantitative estimate of drug-likeness (QED) is 0.665. The largest absolute Gasteiger partial charge is 0.497 e. The fourth-order valence-electron chi connectivity index (χ4n) is 2.39. The van der Waals surface area contributed by atoms with E-state index in [-0.39, 0.29) is 5.57 Å². The summed E-state index contributed by atoms with van der Waals surface area (Å²) in [5.74, 6) is 0.686. The van der Waals surface area contributed by atoms with E-state index in [0.717, 1.165) is 11.1 Å². The first-order valence-corrected chi connectivity index (χ1v) is 7.71. The summed E-state index contributed by atoms with van der Waals surface area (Å²) in [7, 11) is 3.08. The molecule has 1 N–H and O–H groups in total. The van der Waals surface area contributed by atoms with Crippen molar-refractivity contribution < 1.29 is 14.3 Å². The van der Waals surface area contributed by atoms with E-state index in [2.05, 4.69) is 5.32 Å². The molecule has 2 aromatic carbocycles.